The minimum Gasteiger partial charge on any atom is -1.00 e. The minimum absolute atomic E-state index is 0. The molecule has 18 heteroatoms. The van der Waals surface area contributed by atoms with Gasteiger partial charge in [-0.1, -0.05) is 27.7 Å². The molecule has 5 heterocycles. The maximum absolute atomic E-state index is 12.6. The normalized spacial score (nSPS) is 16.9. The molecule has 14 nitrogen and oxygen atoms in total. The van der Waals surface area contributed by atoms with Crippen molar-refractivity contribution in [3.63, 3.8) is 0 Å². The number of hydrogen-bond acceptors (Lipinski definition) is 14. The van der Waals surface area contributed by atoms with E-state index in [0.717, 1.165) is 32.5 Å². The summed E-state index contributed by atoms with van der Waals surface area (Å²) in [6, 6.07) is -0.521. The number of nitrogens with zero attached hydrogens (tertiary/aromatic N) is 4. The average molecular weight is 882 g/mol. The molecule has 3 saturated heterocycles. The molecule has 0 saturated carbocycles. The molecule has 0 radical (unpaired) electrons. The number of halogens is 1. The molecular formula is C40H61ClMgN4O10S2. The van der Waals surface area contributed by atoms with E-state index in [1.165, 1.54) is 52.8 Å². The Morgan fingerprint density at radius 2 is 1.16 bits per heavy atom. The van der Waals surface area contributed by atoms with Crippen molar-refractivity contribution in [2.75, 3.05) is 46.1 Å². The third-order valence-corrected chi connectivity index (χ3v) is 11.2. The largest absolute Gasteiger partial charge is 2.00 e. The standard InChI is InChI=1S/C17H24N2O4S.C14H18N2O5S.C5H11.C4H8O.ClH.Mg/c1-5-17(3,4)13(20)15(21)19-9-7-8-12(19)14-18-11(10-24-14)16(22)23-6-2;1-3-20-13(18)9-8-22-11(15-9)10-6-5-7-16(10)12(17)14(19)21-4-2;1-4-5(2)3;1-2-4-5-3-1;;/h10,12H,5-9H2,1-4H3;8,10H,3-7H2,1-2H3;4H2,1-3H3;1-4H2;1H;/q;;-1;;;+2/p-1/t12-;10-;;;;/m00..../s1. The van der Waals surface area contributed by atoms with Gasteiger partial charge in [-0.25, -0.2) is 24.4 Å². The number of aromatic nitrogens is 2. The molecule has 3 fully saturated rings. The summed E-state index contributed by atoms with van der Waals surface area (Å²) < 4.78 is 19.5. The zero-order valence-electron chi connectivity index (χ0n) is 35.7. The molecule has 2 amide bonds. The summed E-state index contributed by atoms with van der Waals surface area (Å²) in [5.41, 5.74) is -0.169. The molecule has 58 heavy (non-hydrogen) atoms. The van der Waals surface area contributed by atoms with Gasteiger partial charge in [0.15, 0.2) is 11.4 Å². The number of hydrogen-bond donors (Lipinski definition) is 0. The summed E-state index contributed by atoms with van der Waals surface area (Å²) >= 11 is 2.62. The number of esters is 3. The molecule has 2 aromatic heterocycles. The summed E-state index contributed by atoms with van der Waals surface area (Å²) in [6.45, 7) is 20.8. The molecule has 2 aromatic rings. The van der Waals surface area contributed by atoms with E-state index in [2.05, 4.69) is 30.7 Å². The summed E-state index contributed by atoms with van der Waals surface area (Å²) in [6.07, 6.45) is 7.46. The Balaban J connectivity index is 0.000000880. The molecule has 2 atom stereocenters. The molecule has 0 bridgehead atoms. The van der Waals surface area contributed by atoms with Crippen LogP contribution in [0.5, 0.6) is 0 Å². The van der Waals surface area contributed by atoms with Crippen molar-refractivity contribution in [3.05, 3.63) is 38.1 Å². The fourth-order valence-corrected chi connectivity index (χ4v) is 7.28. The summed E-state index contributed by atoms with van der Waals surface area (Å²) in [7, 11) is 0. The molecule has 3 aliphatic heterocycles. The first-order valence-electron chi connectivity index (χ1n) is 19.6. The van der Waals surface area contributed by atoms with Crippen molar-refractivity contribution in [2.45, 2.75) is 126 Å². The Bertz CT molecular complexity index is 1580. The van der Waals surface area contributed by atoms with Crippen LogP contribution in [0.4, 0.5) is 0 Å². The summed E-state index contributed by atoms with van der Waals surface area (Å²) in [4.78, 5) is 83.9. The molecule has 322 valence electrons. The number of ketones is 1. The molecule has 0 aliphatic carbocycles. The van der Waals surface area contributed by atoms with E-state index >= 15 is 0 Å². The quantitative estimate of drug-likeness (QED) is 0.105. The SMILES string of the molecule is C1CCOC1.CCOC(=O)C(=O)N1CCC[C@H]1c1nc(C(=O)OCC)cs1.CCOC(=O)c1csc([C@@H]2CCCN2C(=O)C(=O)C(C)(C)CC)n1.CC[C-](C)C.[Cl-].[Mg+2]. The van der Waals surface area contributed by atoms with Gasteiger partial charge < -0.3 is 47.1 Å². The first-order chi connectivity index (χ1) is 26.7. The second-order valence-electron chi connectivity index (χ2n) is 14.1. The van der Waals surface area contributed by atoms with Crippen LogP contribution >= 0.6 is 22.7 Å². The fraction of sp³-hybridized carbons (Fsp3) is 0.675. The van der Waals surface area contributed by atoms with E-state index in [4.69, 9.17) is 18.9 Å². The van der Waals surface area contributed by atoms with Gasteiger partial charge in [0.25, 0.3) is 5.91 Å². The van der Waals surface area contributed by atoms with E-state index in [0.29, 0.717) is 42.6 Å². The third kappa shape index (κ3) is 17.1. The van der Waals surface area contributed by atoms with Crippen molar-refractivity contribution in [1.29, 1.82) is 0 Å². The van der Waals surface area contributed by atoms with Gasteiger partial charge in [-0.15, -0.1) is 22.7 Å². The first-order valence-corrected chi connectivity index (χ1v) is 21.4. The van der Waals surface area contributed by atoms with E-state index in [1.54, 1.807) is 50.3 Å². The van der Waals surface area contributed by atoms with Gasteiger partial charge >= 0.3 is 46.9 Å². The number of carbonyl (C=O) groups excluding carboxylic acids is 6. The Morgan fingerprint density at radius 1 is 0.741 bits per heavy atom. The maximum Gasteiger partial charge on any atom is 2.00 e. The van der Waals surface area contributed by atoms with Crippen molar-refractivity contribution >= 4 is 81.2 Å². The fourth-order valence-electron chi connectivity index (χ4n) is 5.41. The Morgan fingerprint density at radius 3 is 1.50 bits per heavy atom. The van der Waals surface area contributed by atoms with E-state index in [1.807, 2.05) is 6.92 Å². The van der Waals surface area contributed by atoms with E-state index < -0.39 is 35.1 Å². The Labute approximate surface area is 374 Å². The number of carbonyl (C=O) groups is 6. The van der Waals surface area contributed by atoms with Crippen LogP contribution in [-0.4, -0.2) is 124 Å². The van der Waals surface area contributed by atoms with Crippen LogP contribution in [0, 0.1) is 11.3 Å². The molecule has 0 unspecified atom stereocenters. The maximum atomic E-state index is 12.6. The first kappa shape index (κ1) is 55.3. The third-order valence-electron chi connectivity index (χ3n) is 9.29. The zero-order valence-corrected chi connectivity index (χ0v) is 39.5. The number of ether oxygens (including phenoxy) is 4. The van der Waals surface area contributed by atoms with Crippen LogP contribution in [0.25, 0.3) is 0 Å². The van der Waals surface area contributed by atoms with E-state index in [9.17, 15) is 28.8 Å². The van der Waals surface area contributed by atoms with Crippen molar-refractivity contribution in [3.8, 4) is 0 Å². The second-order valence-corrected chi connectivity index (χ2v) is 15.8. The van der Waals surface area contributed by atoms with Gasteiger partial charge in [0.05, 0.1) is 31.9 Å². The smallest absolute Gasteiger partial charge is 1.00 e. The monoisotopic (exact) mass is 880 g/mol. The average Bonchev–Trinajstić information content (AvgIpc) is 4.03. The van der Waals surface area contributed by atoms with Gasteiger partial charge in [0, 0.05) is 42.5 Å². The molecule has 0 aromatic carbocycles. The number of amides is 2. The zero-order chi connectivity index (χ0) is 41.8. The number of Topliss-reactive ketones (excluding diaryl/α,β-unsaturated/α-hetero) is 1. The number of rotatable bonds is 11. The Kier molecular flexibility index (Phi) is 27.4. The van der Waals surface area contributed by atoms with Gasteiger partial charge in [-0.2, -0.15) is 20.3 Å². The van der Waals surface area contributed by atoms with Crippen LogP contribution < -0.4 is 12.4 Å². The van der Waals surface area contributed by atoms with E-state index in [-0.39, 0.29) is 77.9 Å². The number of likely N-dealkylation sites (tertiary alicyclic amines) is 2. The molecule has 0 spiro atoms. The predicted molar refractivity (Wildman–Crippen MR) is 220 cm³/mol. The van der Waals surface area contributed by atoms with Crippen LogP contribution in [0.3, 0.4) is 0 Å². The van der Waals surface area contributed by atoms with Crippen LogP contribution in [-0.2, 0) is 38.1 Å². The van der Waals surface area contributed by atoms with Crippen molar-refractivity contribution in [1.82, 2.24) is 19.8 Å². The molecular weight excluding hydrogens is 820 g/mol. The van der Waals surface area contributed by atoms with Gasteiger partial charge in [0.1, 0.15) is 10.0 Å². The topological polar surface area (TPSA) is 172 Å². The molecule has 0 N–H and O–H groups in total. The van der Waals surface area contributed by atoms with Crippen LogP contribution in [0.15, 0.2) is 10.8 Å². The van der Waals surface area contributed by atoms with Crippen molar-refractivity contribution < 1.29 is 60.1 Å². The molecule has 5 rings (SSSR count). The van der Waals surface area contributed by atoms with Gasteiger partial charge in [0.2, 0.25) is 5.78 Å². The van der Waals surface area contributed by atoms with Gasteiger partial charge in [-0.05, 0) is 65.7 Å². The second kappa shape index (κ2) is 28.7. The minimum atomic E-state index is -0.850. The van der Waals surface area contributed by atoms with Crippen LogP contribution in [0.1, 0.15) is 157 Å². The number of thiazole rings is 2. The van der Waals surface area contributed by atoms with Crippen molar-refractivity contribution in [2.24, 2.45) is 5.41 Å². The molecule has 3 aliphatic rings. The summed E-state index contributed by atoms with van der Waals surface area (Å²) in [5, 5.41) is 4.58. The summed E-state index contributed by atoms with van der Waals surface area (Å²) in [5.74, 6) is -1.75. The van der Waals surface area contributed by atoms with Gasteiger partial charge in [-0.3, -0.25) is 14.4 Å². The van der Waals surface area contributed by atoms with Crippen LogP contribution in [0.2, 0.25) is 0 Å². The predicted octanol–water partition coefficient (Wildman–Crippen LogP) is 3.97. The Hall–Kier alpha value is -2.70.